The zero-order valence-electron chi connectivity index (χ0n) is 15.4. The Labute approximate surface area is 178 Å². The van der Waals surface area contributed by atoms with Crippen molar-refractivity contribution >= 4 is 41.5 Å². The fourth-order valence-corrected chi connectivity index (χ4v) is 4.06. The number of aliphatic imine (C=N–C) groups is 1. The standard InChI is InChI=1S/C19H29ClN4O.HI/c1-21-19(22-12-18(25)16-5-4-6-17(20)11-16)24-10-7-15(14-24)13-23-8-2-3-9-23;/h4-6,11,15,18,25H,2-3,7-10,12-14H2,1H3,(H,21,22);1H. The number of hydrogen-bond acceptors (Lipinski definition) is 3. The van der Waals surface area contributed by atoms with Crippen LogP contribution < -0.4 is 5.32 Å². The van der Waals surface area contributed by atoms with Crippen LogP contribution in [0.25, 0.3) is 0 Å². The number of rotatable bonds is 5. The molecule has 0 amide bonds. The zero-order valence-corrected chi connectivity index (χ0v) is 18.5. The van der Waals surface area contributed by atoms with E-state index in [-0.39, 0.29) is 24.0 Å². The third-order valence-electron chi connectivity index (χ3n) is 5.20. The van der Waals surface area contributed by atoms with Gasteiger partial charge < -0.3 is 20.2 Å². The molecule has 26 heavy (non-hydrogen) atoms. The topological polar surface area (TPSA) is 51.1 Å². The number of aliphatic hydroxyl groups is 1. The van der Waals surface area contributed by atoms with E-state index in [0.717, 1.165) is 30.5 Å². The number of benzene rings is 1. The highest BCUT2D eigenvalue weighted by Crippen LogP contribution is 2.21. The zero-order chi connectivity index (χ0) is 17.6. The van der Waals surface area contributed by atoms with E-state index in [1.165, 1.54) is 38.9 Å². The Kier molecular flexibility index (Phi) is 8.93. The van der Waals surface area contributed by atoms with Gasteiger partial charge in [0, 0.05) is 38.2 Å². The van der Waals surface area contributed by atoms with Crippen LogP contribution in [0.1, 0.15) is 30.9 Å². The van der Waals surface area contributed by atoms with E-state index in [1.807, 2.05) is 25.2 Å². The number of halogens is 2. The van der Waals surface area contributed by atoms with Crippen molar-refractivity contribution in [1.82, 2.24) is 15.1 Å². The second kappa shape index (κ2) is 10.7. The Bertz CT molecular complexity index is 595. The fraction of sp³-hybridized carbons (Fsp3) is 0.632. The molecule has 0 bridgehead atoms. The molecule has 0 aliphatic carbocycles. The first-order valence-corrected chi connectivity index (χ1v) is 9.65. The molecule has 3 rings (SSSR count). The van der Waals surface area contributed by atoms with Gasteiger partial charge >= 0.3 is 0 Å². The predicted molar refractivity (Wildman–Crippen MR) is 119 cm³/mol. The molecule has 2 heterocycles. The predicted octanol–water partition coefficient (Wildman–Crippen LogP) is 2.98. The summed E-state index contributed by atoms with van der Waals surface area (Å²) in [5.41, 5.74) is 0.823. The SMILES string of the molecule is CN=C(NCC(O)c1cccc(Cl)c1)N1CCC(CN2CCCC2)C1.I. The van der Waals surface area contributed by atoms with E-state index in [1.54, 1.807) is 6.07 Å². The van der Waals surface area contributed by atoms with Crippen LogP contribution >= 0.6 is 35.6 Å². The van der Waals surface area contributed by atoms with Gasteiger partial charge in [-0.05, 0) is 56.0 Å². The normalized spacial score (nSPS) is 22.3. The lowest BCUT2D eigenvalue weighted by atomic mass is 10.1. The molecule has 0 saturated carbocycles. The molecule has 1 aromatic rings. The van der Waals surface area contributed by atoms with Crippen LogP contribution in [-0.4, -0.2) is 67.2 Å². The molecule has 5 nitrogen and oxygen atoms in total. The van der Waals surface area contributed by atoms with Gasteiger partial charge in [-0.2, -0.15) is 0 Å². The Morgan fingerprint density at radius 1 is 1.35 bits per heavy atom. The lowest BCUT2D eigenvalue weighted by Gasteiger charge is -2.24. The van der Waals surface area contributed by atoms with E-state index in [2.05, 4.69) is 20.1 Å². The highest BCUT2D eigenvalue weighted by Gasteiger charge is 2.27. The van der Waals surface area contributed by atoms with Gasteiger partial charge in [0.25, 0.3) is 0 Å². The number of hydrogen-bond donors (Lipinski definition) is 2. The molecule has 1 aromatic carbocycles. The maximum Gasteiger partial charge on any atom is 0.193 e. The summed E-state index contributed by atoms with van der Waals surface area (Å²) in [7, 11) is 1.81. The summed E-state index contributed by atoms with van der Waals surface area (Å²) >= 11 is 6.00. The molecule has 2 atom stereocenters. The van der Waals surface area contributed by atoms with Gasteiger partial charge in [-0.25, -0.2) is 0 Å². The molecule has 0 aromatic heterocycles. The van der Waals surface area contributed by atoms with E-state index >= 15 is 0 Å². The van der Waals surface area contributed by atoms with Crippen molar-refractivity contribution < 1.29 is 5.11 Å². The van der Waals surface area contributed by atoms with Crippen molar-refractivity contribution in [2.75, 3.05) is 46.3 Å². The number of guanidine groups is 1. The van der Waals surface area contributed by atoms with E-state index in [0.29, 0.717) is 11.6 Å². The molecule has 2 N–H and O–H groups in total. The smallest absolute Gasteiger partial charge is 0.193 e. The van der Waals surface area contributed by atoms with Crippen LogP contribution in [0.15, 0.2) is 29.3 Å². The summed E-state index contributed by atoms with van der Waals surface area (Å²) in [6, 6.07) is 7.37. The largest absolute Gasteiger partial charge is 0.387 e. The molecule has 7 heteroatoms. The maximum absolute atomic E-state index is 10.4. The summed E-state index contributed by atoms with van der Waals surface area (Å²) in [4.78, 5) is 9.30. The number of nitrogens with zero attached hydrogens (tertiary/aromatic N) is 3. The Hall–Kier alpha value is -0.570. The lowest BCUT2D eigenvalue weighted by molar-refractivity contribution is 0.179. The van der Waals surface area contributed by atoms with E-state index < -0.39 is 6.10 Å². The van der Waals surface area contributed by atoms with Gasteiger partial charge in [-0.15, -0.1) is 24.0 Å². The second-order valence-electron chi connectivity index (χ2n) is 7.11. The van der Waals surface area contributed by atoms with Gasteiger partial charge in [-0.1, -0.05) is 23.7 Å². The summed E-state index contributed by atoms with van der Waals surface area (Å²) in [5, 5.41) is 14.3. The summed E-state index contributed by atoms with van der Waals surface area (Å²) in [5.74, 6) is 1.60. The fourth-order valence-electron chi connectivity index (χ4n) is 3.86. The first-order valence-electron chi connectivity index (χ1n) is 9.27. The van der Waals surface area contributed by atoms with Crippen LogP contribution in [0, 0.1) is 5.92 Å². The summed E-state index contributed by atoms with van der Waals surface area (Å²) in [6.07, 6.45) is 3.31. The van der Waals surface area contributed by atoms with Gasteiger partial charge in [0.2, 0.25) is 0 Å². The second-order valence-corrected chi connectivity index (χ2v) is 7.54. The number of aliphatic hydroxyl groups excluding tert-OH is 1. The molecular weight excluding hydrogens is 463 g/mol. The van der Waals surface area contributed by atoms with Crippen LogP contribution in [0.3, 0.4) is 0 Å². The van der Waals surface area contributed by atoms with Crippen molar-refractivity contribution in [3.05, 3.63) is 34.9 Å². The molecular formula is C19H30ClIN4O. The van der Waals surface area contributed by atoms with E-state index in [4.69, 9.17) is 11.6 Å². The highest BCUT2D eigenvalue weighted by atomic mass is 127. The summed E-state index contributed by atoms with van der Waals surface area (Å²) < 4.78 is 0. The Balaban J connectivity index is 0.00000243. The van der Waals surface area contributed by atoms with Gasteiger partial charge in [-0.3, -0.25) is 4.99 Å². The molecule has 0 radical (unpaired) electrons. The lowest BCUT2D eigenvalue weighted by Crippen LogP contribution is -2.42. The van der Waals surface area contributed by atoms with Crippen LogP contribution in [0.2, 0.25) is 5.02 Å². The quantitative estimate of drug-likeness (QED) is 0.377. The van der Waals surface area contributed by atoms with Gasteiger partial charge in [0.1, 0.15) is 0 Å². The van der Waals surface area contributed by atoms with Crippen LogP contribution in [0.4, 0.5) is 0 Å². The van der Waals surface area contributed by atoms with Crippen molar-refractivity contribution in [3.63, 3.8) is 0 Å². The molecule has 2 aliphatic rings. The third kappa shape index (κ3) is 5.97. The summed E-state index contributed by atoms with van der Waals surface area (Å²) in [6.45, 7) is 6.23. The first-order chi connectivity index (χ1) is 12.2. The van der Waals surface area contributed by atoms with Crippen molar-refractivity contribution in [3.8, 4) is 0 Å². The molecule has 0 spiro atoms. The van der Waals surface area contributed by atoms with Gasteiger partial charge in [0.15, 0.2) is 5.96 Å². The minimum Gasteiger partial charge on any atom is -0.387 e. The van der Waals surface area contributed by atoms with Crippen molar-refractivity contribution in [2.24, 2.45) is 10.9 Å². The minimum absolute atomic E-state index is 0. The third-order valence-corrected chi connectivity index (χ3v) is 5.43. The van der Waals surface area contributed by atoms with Crippen molar-refractivity contribution in [2.45, 2.75) is 25.4 Å². The Morgan fingerprint density at radius 2 is 2.12 bits per heavy atom. The molecule has 2 aliphatic heterocycles. The van der Waals surface area contributed by atoms with E-state index in [9.17, 15) is 5.11 Å². The first kappa shape index (κ1) is 21.7. The molecule has 2 fully saturated rings. The average Bonchev–Trinajstić information content (AvgIpc) is 3.28. The highest BCUT2D eigenvalue weighted by molar-refractivity contribution is 14.0. The Morgan fingerprint density at radius 3 is 2.81 bits per heavy atom. The molecule has 2 saturated heterocycles. The molecule has 2 unspecified atom stereocenters. The maximum atomic E-state index is 10.4. The van der Waals surface area contributed by atoms with Gasteiger partial charge in [0.05, 0.1) is 6.10 Å². The number of likely N-dealkylation sites (tertiary alicyclic amines) is 2. The van der Waals surface area contributed by atoms with Crippen LogP contribution in [-0.2, 0) is 0 Å². The minimum atomic E-state index is -0.599. The molecule has 146 valence electrons. The van der Waals surface area contributed by atoms with Crippen LogP contribution in [0.5, 0.6) is 0 Å². The van der Waals surface area contributed by atoms with Crippen molar-refractivity contribution in [1.29, 1.82) is 0 Å². The number of nitrogens with one attached hydrogen (secondary N) is 1. The monoisotopic (exact) mass is 492 g/mol. The average molecular weight is 493 g/mol.